The van der Waals surface area contributed by atoms with Crippen LogP contribution in [0.4, 0.5) is 4.39 Å². The Morgan fingerprint density at radius 2 is 2.07 bits per heavy atom. The summed E-state index contributed by atoms with van der Waals surface area (Å²) in [6.45, 7) is 1.73. The molecule has 0 radical (unpaired) electrons. The van der Waals surface area contributed by atoms with Gasteiger partial charge in [-0.1, -0.05) is 29.8 Å². The molecule has 140 valence electrons. The monoisotopic (exact) mass is 397 g/mol. The first kappa shape index (κ1) is 18.1. The van der Waals surface area contributed by atoms with Crippen molar-refractivity contribution in [3.63, 3.8) is 0 Å². The lowest BCUT2D eigenvalue weighted by atomic mass is 10.1. The van der Waals surface area contributed by atoms with Crippen molar-refractivity contribution in [3.05, 3.63) is 75.5 Å². The number of hydrogen-bond donors (Lipinski definition) is 0. The summed E-state index contributed by atoms with van der Waals surface area (Å²) in [6.07, 6.45) is 2.88. The van der Waals surface area contributed by atoms with E-state index in [0.717, 1.165) is 17.0 Å². The predicted molar refractivity (Wildman–Crippen MR) is 104 cm³/mol. The normalized spacial score (nSPS) is 11.1. The van der Waals surface area contributed by atoms with Gasteiger partial charge in [-0.2, -0.15) is 0 Å². The number of pyridine rings is 3. The van der Waals surface area contributed by atoms with E-state index in [1.165, 1.54) is 10.8 Å². The first-order valence-electron chi connectivity index (χ1n) is 8.43. The van der Waals surface area contributed by atoms with Crippen molar-refractivity contribution >= 4 is 39.5 Å². The summed E-state index contributed by atoms with van der Waals surface area (Å²) >= 11 is 5.84. The molecule has 8 heteroatoms. The summed E-state index contributed by atoms with van der Waals surface area (Å²) in [7, 11) is 0. The van der Waals surface area contributed by atoms with Crippen LogP contribution in [-0.2, 0) is 4.74 Å². The molecular formula is C20H13ClFN3O3. The van der Waals surface area contributed by atoms with Crippen molar-refractivity contribution in [2.24, 2.45) is 0 Å². The van der Waals surface area contributed by atoms with Gasteiger partial charge in [-0.3, -0.25) is 14.3 Å². The van der Waals surface area contributed by atoms with Gasteiger partial charge in [0.05, 0.1) is 29.4 Å². The Labute approximate surface area is 163 Å². The summed E-state index contributed by atoms with van der Waals surface area (Å²) in [5.41, 5.74) is 0.512. The van der Waals surface area contributed by atoms with E-state index in [9.17, 15) is 14.0 Å². The van der Waals surface area contributed by atoms with Gasteiger partial charge in [-0.15, -0.1) is 0 Å². The van der Waals surface area contributed by atoms with Crippen molar-refractivity contribution < 1.29 is 13.9 Å². The van der Waals surface area contributed by atoms with E-state index in [4.69, 9.17) is 16.3 Å². The van der Waals surface area contributed by atoms with Gasteiger partial charge < -0.3 is 4.74 Å². The number of carbonyl (C=O) groups excluding carboxylic acids is 1. The lowest BCUT2D eigenvalue weighted by molar-refractivity contribution is 0.0524. The van der Waals surface area contributed by atoms with E-state index in [-0.39, 0.29) is 28.4 Å². The summed E-state index contributed by atoms with van der Waals surface area (Å²) in [6, 6.07) is 10.3. The Balaban J connectivity index is 2.07. The number of ether oxygens (including phenoxy) is 1. The summed E-state index contributed by atoms with van der Waals surface area (Å²) in [4.78, 5) is 33.4. The first-order valence-corrected chi connectivity index (χ1v) is 8.81. The van der Waals surface area contributed by atoms with Crippen LogP contribution in [0.5, 0.6) is 0 Å². The number of halogens is 2. The molecule has 28 heavy (non-hydrogen) atoms. The molecule has 0 aliphatic heterocycles. The first-order chi connectivity index (χ1) is 13.5. The maximum Gasteiger partial charge on any atom is 0.343 e. The third kappa shape index (κ3) is 2.99. The zero-order chi connectivity index (χ0) is 19.8. The fraction of sp³-hybridized carbons (Fsp3) is 0.100. The minimum atomic E-state index is -0.851. The molecule has 0 spiro atoms. The Hall–Kier alpha value is -3.32. The average molecular weight is 398 g/mol. The van der Waals surface area contributed by atoms with Crippen molar-refractivity contribution in [3.8, 4) is 5.69 Å². The van der Waals surface area contributed by atoms with Crippen LogP contribution in [0.15, 0.2) is 53.6 Å². The Morgan fingerprint density at radius 1 is 1.29 bits per heavy atom. The third-order valence-corrected chi connectivity index (χ3v) is 4.50. The molecular weight excluding hydrogens is 385 g/mol. The number of hydrogen-bond acceptors (Lipinski definition) is 5. The maximum absolute atomic E-state index is 14.0. The molecule has 0 fully saturated rings. The van der Waals surface area contributed by atoms with E-state index in [1.54, 1.807) is 13.1 Å². The number of benzene rings is 1. The quantitative estimate of drug-likeness (QED) is 0.387. The van der Waals surface area contributed by atoms with Gasteiger partial charge in [-0.05, 0) is 25.1 Å². The Morgan fingerprint density at radius 3 is 2.86 bits per heavy atom. The highest BCUT2D eigenvalue weighted by molar-refractivity contribution is 6.29. The molecule has 0 saturated carbocycles. The molecule has 4 aromatic rings. The Kier molecular flexibility index (Phi) is 4.52. The molecule has 0 bridgehead atoms. The molecule has 0 N–H and O–H groups in total. The number of para-hydroxylation sites is 1. The predicted octanol–water partition coefficient (Wildman–Crippen LogP) is 3.90. The molecule has 6 nitrogen and oxygen atoms in total. The van der Waals surface area contributed by atoms with Crippen LogP contribution in [0.1, 0.15) is 17.3 Å². The van der Waals surface area contributed by atoms with Crippen LogP contribution in [0.2, 0.25) is 5.15 Å². The summed E-state index contributed by atoms with van der Waals surface area (Å²) in [5, 5.41) is 0.386. The van der Waals surface area contributed by atoms with Crippen LogP contribution in [0.3, 0.4) is 0 Å². The standard InChI is InChI=1S/C20H13ClFN3O3/c1-2-28-20(27)14-10-25(12-7-11-5-3-4-6-16(11)23-9-12)19-13(17(14)26)8-15(22)18(21)24-19/h3-10H,2H2,1H3. The minimum Gasteiger partial charge on any atom is -0.462 e. The van der Waals surface area contributed by atoms with Gasteiger partial charge in [0.2, 0.25) is 5.43 Å². The second-order valence-corrected chi connectivity index (χ2v) is 6.34. The van der Waals surface area contributed by atoms with E-state index < -0.39 is 17.2 Å². The molecule has 0 amide bonds. The third-order valence-electron chi connectivity index (χ3n) is 4.24. The van der Waals surface area contributed by atoms with Crippen molar-refractivity contribution in [1.82, 2.24) is 14.5 Å². The van der Waals surface area contributed by atoms with Crippen molar-refractivity contribution in [2.75, 3.05) is 6.61 Å². The maximum atomic E-state index is 14.0. The van der Waals surface area contributed by atoms with Crippen molar-refractivity contribution in [2.45, 2.75) is 6.92 Å². The van der Waals surface area contributed by atoms with Crippen LogP contribution in [0.25, 0.3) is 27.6 Å². The lowest BCUT2D eigenvalue weighted by Gasteiger charge is -2.13. The van der Waals surface area contributed by atoms with E-state index >= 15 is 0 Å². The molecule has 0 saturated heterocycles. The second-order valence-electron chi connectivity index (χ2n) is 5.98. The largest absolute Gasteiger partial charge is 0.462 e. The topological polar surface area (TPSA) is 74.1 Å². The number of carbonyl (C=O) groups is 1. The second kappa shape index (κ2) is 7.01. The van der Waals surface area contributed by atoms with E-state index in [2.05, 4.69) is 9.97 Å². The number of esters is 1. The lowest BCUT2D eigenvalue weighted by Crippen LogP contribution is -2.21. The van der Waals surface area contributed by atoms with Crippen LogP contribution in [0, 0.1) is 5.82 Å². The number of rotatable bonds is 3. The highest BCUT2D eigenvalue weighted by atomic mass is 35.5. The highest BCUT2D eigenvalue weighted by Gasteiger charge is 2.20. The van der Waals surface area contributed by atoms with E-state index in [0.29, 0.717) is 5.69 Å². The smallest absolute Gasteiger partial charge is 0.343 e. The Bertz CT molecular complexity index is 1300. The highest BCUT2D eigenvalue weighted by Crippen LogP contribution is 2.23. The molecule has 0 aliphatic rings. The summed E-state index contributed by atoms with van der Waals surface area (Å²) < 4.78 is 20.4. The zero-order valence-corrected chi connectivity index (χ0v) is 15.4. The van der Waals surface area contributed by atoms with Gasteiger partial charge in [0.1, 0.15) is 11.2 Å². The van der Waals surface area contributed by atoms with Crippen molar-refractivity contribution in [1.29, 1.82) is 0 Å². The molecule has 3 aromatic heterocycles. The molecule has 0 unspecified atom stereocenters. The molecule has 0 aliphatic carbocycles. The number of fused-ring (bicyclic) bond motifs is 2. The van der Waals surface area contributed by atoms with Gasteiger partial charge in [0, 0.05) is 11.6 Å². The van der Waals surface area contributed by atoms with Crippen LogP contribution in [-0.4, -0.2) is 27.1 Å². The van der Waals surface area contributed by atoms with Gasteiger partial charge in [0.25, 0.3) is 0 Å². The minimum absolute atomic E-state index is 0.0828. The molecule has 4 rings (SSSR count). The van der Waals surface area contributed by atoms with E-state index in [1.807, 2.05) is 30.3 Å². The molecule has 0 atom stereocenters. The van der Waals surface area contributed by atoms with Crippen LogP contribution < -0.4 is 5.43 Å². The molecule has 3 heterocycles. The number of nitrogens with zero attached hydrogens (tertiary/aromatic N) is 3. The van der Waals surface area contributed by atoms with Crippen LogP contribution >= 0.6 is 11.6 Å². The number of aromatic nitrogens is 3. The zero-order valence-electron chi connectivity index (χ0n) is 14.6. The van der Waals surface area contributed by atoms with Gasteiger partial charge in [0.15, 0.2) is 11.0 Å². The SMILES string of the molecule is CCOC(=O)c1cn(-c2cnc3ccccc3c2)c2nc(Cl)c(F)cc2c1=O. The molecule has 1 aromatic carbocycles. The van der Waals surface area contributed by atoms with Gasteiger partial charge in [-0.25, -0.2) is 14.2 Å². The van der Waals surface area contributed by atoms with Gasteiger partial charge >= 0.3 is 5.97 Å². The summed E-state index contributed by atoms with van der Waals surface area (Å²) in [5.74, 6) is -1.65. The average Bonchev–Trinajstić information content (AvgIpc) is 2.69. The fourth-order valence-electron chi connectivity index (χ4n) is 2.94. The fourth-order valence-corrected chi connectivity index (χ4v) is 3.08.